The Morgan fingerprint density at radius 1 is 1.38 bits per heavy atom. The predicted octanol–water partition coefficient (Wildman–Crippen LogP) is 0.685. The molecule has 26 heavy (non-hydrogen) atoms. The van der Waals surface area contributed by atoms with Crippen molar-refractivity contribution in [2.75, 3.05) is 30.8 Å². The molecule has 2 heterocycles. The average Bonchev–Trinajstić information content (AvgIpc) is 2.96. The number of benzene rings is 1. The zero-order chi connectivity index (χ0) is 19.1. The van der Waals surface area contributed by atoms with E-state index in [0.717, 1.165) is 11.2 Å². The van der Waals surface area contributed by atoms with Gasteiger partial charge in [0.1, 0.15) is 5.82 Å². The van der Waals surface area contributed by atoms with Crippen molar-refractivity contribution in [2.24, 2.45) is 5.73 Å². The van der Waals surface area contributed by atoms with E-state index in [-0.39, 0.29) is 25.3 Å². The standard InChI is InChI=1S/C16H18FN3O5S/c1-26(23,24)19-6-4-10(5-7-19)12-3-2-11(8-13(12)17)20-9-14(15(18)21)25-16(20)22/h2-4,8,14H,5-7,9H2,1H3,(H2,18,21)/t14-/m1/s1. The van der Waals surface area contributed by atoms with Crippen molar-refractivity contribution in [1.29, 1.82) is 0 Å². The fraction of sp³-hybridized carbons (Fsp3) is 0.375. The number of halogens is 1. The van der Waals surface area contributed by atoms with E-state index in [1.165, 1.54) is 16.4 Å². The Kier molecular flexibility index (Phi) is 4.72. The molecule has 1 atom stereocenters. The molecular formula is C16H18FN3O5S. The summed E-state index contributed by atoms with van der Waals surface area (Å²) in [5, 5.41) is 0. The molecule has 0 radical (unpaired) electrons. The van der Waals surface area contributed by atoms with Crippen molar-refractivity contribution in [3.63, 3.8) is 0 Å². The Morgan fingerprint density at radius 2 is 2.12 bits per heavy atom. The van der Waals surface area contributed by atoms with Crippen LogP contribution in [0.15, 0.2) is 24.3 Å². The van der Waals surface area contributed by atoms with Gasteiger partial charge < -0.3 is 10.5 Å². The zero-order valence-electron chi connectivity index (χ0n) is 14.0. The van der Waals surface area contributed by atoms with E-state index in [1.807, 2.05) is 0 Å². The van der Waals surface area contributed by atoms with Gasteiger partial charge in [0.25, 0.3) is 5.91 Å². The van der Waals surface area contributed by atoms with E-state index < -0.39 is 33.9 Å². The Bertz CT molecular complexity index is 899. The first-order chi connectivity index (χ1) is 12.2. The van der Waals surface area contributed by atoms with Gasteiger partial charge in [0.15, 0.2) is 6.10 Å². The lowest BCUT2D eigenvalue weighted by Crippen LogP contribution is -2.33. The summed E-state index contributed by atoms with van der Waals surface area (Å²) in [5.74, 6) is -1.31. The number of ether oxygens (including phenoxy) is 1. The molecule has 10 heteroatoms. The van der Waals surface area contributed by atoms with Gasteiger partial charge in [0, 0.05) is 18.7 Å². The normalized spacial score (nSPS) is 21.5. The average molecular weight is 383 g/mol. The number of nitrogens with two attached hydrogens (primary N) is 1. The summed E-state index contributed by atoms with van der Waals surface area (Å²) < 4.78 is 43.8. The molecule has 8 nitrogen and oxygen atoms in total. The van der Waals surface area contributed by atoms with E-state index in [2.05, 4.69) is 0 Å². The van der Waals surface area contributed by atoms with Gasteiger partial charge in [0.2, 0.25) is 10.0 Å². The van der Waals surface area contributed by atoms with Crippen molar-refractivity contribution in [3.05, 3.63) is 35.7 Å². The van der Waals surface area contributed by atoms with Crippen molar-refractivity contribution in [3.8, 4) is 0 Å². The molecule has 140 valence electrons. The van der Waals surface area contributed by atoms with Crippen LogP contribution in [0.25, 0.3) is 5.57 Å². The molecule has 0 unspecified atom stereocenters. The van der Waals surface area contributed by atoms with E-state index in [0.29, 0.717) is 17.6 Å². The van der Waals surface area contributed by atoms with E-state index in [4.69, 9.17) is 10.5 Å². The lowest BCUT2D eigenvalue weighted by atomic mass is 9.99. The Labute approximate surface area is 150 Å². The lowest BCUT2D eigenvalue weighted by molar-refractivity contribution is -0.124. The van der Waals surface area contributed by atoms with Crippen LogP contribution >= 0.6 is 0 Å². The van der Waals surface area contributed by atoms with Crippen molar-refractivity contribution in [1.82, 2.24) is 4.31 Å². The first kappa shape index (κ1) is 18.3. The fourth-order valence-electron chi connectivity index (χ4n) is 2.95. The molecule has 2 amide bonds. The molecule has 0 aliphatic carbocycles. The molecule has 1 fully saturated rings. The fourth-order valence-corrected chi connectivity index (χ4v) is 3.72. The van der Waals surface area contributed by atoms with Crippen LogP contribution in [-0.2, 0) is 19.6 Å². The summed E-state index contributed by atoms with van der Waals surface area (Å²) in [4.78, 5) is 24.1. The maximum atomic E-state index is 14.6. The summed E-state index contributed by atoms with van der Waals surface area (Å²) in [5.41, 5.74) is 6.43. The summed E-state index contributed by atoms with van der Waals surface area (Å²) in [6.07, 6.45) is 1.37. The highest BCUT2D eigenvalue weighted by atomic mass is 32.2. The molecule has 0 spiro atoms. The van der Waals surface area contributed by atoms with E-state index >= 15 is 0 Å². The number of carbonyl (C=O) groups is 2. The van der Waals surface area contributed by atoms with Crippen molar-refractivity contribution in [2.45, 2.75) is 12.5 Å². The van der Waals surface area contributed by atoms with Gasteiger partial charge in [-0.05, 0) is 30.2 Å². The maximum absolute atomic E-state index is 14.6. The summed E-state index contributed by atoms with van der Waals surface area (Å²) in [7, 11) is -3.28. The predicted molar refractivity (Wildman–Crippen MR) is 92.2 cm³/mol. The molecule has 1 saturated heterocycles. The quantitative estimate of drug-likeness (QED) is 0.822. The van der Waals surface area contributed by atoms with Gasteiger partial charge in [-0.15, -0.1) is 0 Å². The number of amides is 2. The molecular weight excluding hydrogens is 365 g/mol. The summed E-state index contributed by atoms with van der Waals surface area (Å²) in [6, 6.07) is 4.26. The third-order valence-corrected chi connectivity index (χ3v) is 5.65. The van der Waals surface area contributed by atoms with E-state index in [1.54, 1.807) is 12.1 Å². The topological polar surface area (TPSA) is 110 Å². The van der Waals surface area contributed by atoms with Gasteiger partial charge in [0.05, 0.1) is 18.5 Å². The van der Waals surface area contributed by atoms with Crippen LogP contribution in [0.3, 0.4) is 0 Å². The molecule has 1 aromatic carbocycles. The van der Waals surface area contributed by atoms with Crippen LogP contribution in [0.4, 0.5) is 14.9 Å². The third-order valence-electron chi connectivity index (χ3n) is 4.38. The van der Waals surface area contributed by atoms with Crippen LogP contribution in [0.1, 0.15) is 12.0 Å². The number of hydrogen-bond acceptors (Lipinski definition) is 5. The smallest absolute Gasteiger partial charge is 0.415 e. The minimum atomic E-state index is -3.28. The highest BCUT2D eigenvalue weighted by Crippen LogP contribution is 2.30. The van der Waals surface area contributed by atoms with Crippen molar-refractivity contribution < 1.29 is 27.1 Å². The SMILES string of the molecule is CS(=O)(=O)N1CC=C(c2ccc(N3C[C@H](C(N)=O)OC3=O)cc2F)CC1. The largest absolute Gasteiger partial charge is 0.434 e. The Balaban J connectivity index is 1.80. The molecule has 2 aliphatic heterocycles. The second-order valence-corrected chi connectivity index (χ2v) is 8.13. The summed E-state index contributed by atoms with van der Waals surface area (Å²) >= 11 is 0. The second kappa shape index (κ2) is 6.69. The number of sulfonamides is 1. The van der Waals surface area contributed by atoms with Gasteiger partial charge >= 0.3 is 6.09 Å². The molecule has 0 bridgehead atoms. The monoisotopic (exact) mass is 383 g/mol. The zero-order valence-corrected chi connectivity index (χ0v) is 14.8. The number of hydrogen-bond donors (Lipinski definition) is 1. The minimum Gasteiger partial charge on any atom is -0.434 e. The second-order valence-electron chi connectivity index (χ2n) is 6.15. The first-order valence-electron chi connectivity index (χ1n) is 7.88. The Hall–Kier alpha value is -2.46. The van der Waals surface area contributed by atoms with Gasteiger partial charge in [-0.3, -0.25) is 9.69 Å². The van der Waals surface area contributed by atoms with Gasteiger partial charge in [-0.25, -0.2) is 17.6 Å². The number of nitrogens with zero attached hydrogens (tertiary/aromatic N) is 2. The highest BCUT2D eigenvalue weighted by Gasteiger charge is 2.36. The van der Waals surface area contributed by atoms with Crippen LogP contribution in [0.2, 0.25) is 0 Å². The van der Waals surface area contributed by atoms with E-state index in [9.17, 15) is 22.4 Å². The number of anilines is 1. The van der Waals surface area contributed by atoms with Crippen molar-refractivity contribution >= 4 is 33.3 Å². The third kappa shape index (κ3) is 3.56. The molecule has 2 N–H and O–H groups in total. The molecule has 0 saturated carbocycles. The molecule has 3 rings (SSSR count). The van der Waals surface area contributed by atoms with Crippen LogP contribution in [0.5, 0.6) is 0 Å². The minimum absolute atomic E-state index is 0.0705. The maximum Gasteiger partial charge on any atom is 0.415 e. The first-order valence-corrected chi connectivity index (χ1v) is 9.73. The molecule has 2 aliphatic rings. The molecule has 0 aromatic heterocycles. The van der Waals surface area contributed by atoms with Crippen LogP contribution in [-0.4, -0.2) is 56.7 Å². The molecule has 1 aromatic rings. The highest BCUT2D eigenvalue weighted by molar-refractivity contribution is 7.88. The Morgan fingerprint density at radius 3 is 2.62 bits per heavy atom. The van der Waals surface area contributed by atoms with Gasteiger partial charge in [-0.1, -0.05) is 6.08 Å². The number of rotatable bonds is 4. The number of cyclic esters (lactones) is 1. The summed E-state index contributed by atoms with van der Waals surface area (Å²) in [6.45, 7) is 0.400. The van der Waals surface area contributed by atoms with Crippen LogP contribution in [0, 0.1) is 5.82 Å². The number of carbonyl (C=O) groups excluding carboxylic acids is 2. The van der Waals surface area contributed by atoms with Crippen LogP contribution < -0.4 is 10.6 Å². The lowest BCUT2D eigenvalue weighted by Gasteiger charge is -2.24. The number of primary amides is 1. The van der Waals surface area contributed by atoms with Gasteiger partial charge in [-0.2, -0.15) is 4.31 Å².